The third kappa shape index (κ3) is 4.58. The van der Waals surface area contributed by atoms with Gasteiger partial charge in [-0.05, 0) is 5.56 Å². The molecule has 1 amide bonds. The lowest BCUT2D eigenvalue weighted by atomic mass is 10.2. The van der Waals surface area contributed by atoms with E-state index in [1.165, 1.54) is 0 Å². The molecule has 3 N–H and O–H groups in total. The lowest BCUT2D eigenvalue weighted by Crippen LogP contribution is -2.45. The van der Waals surface area contributed by atoms with Crippen molar-refractivity contribution in [1.29, 1.82) is 0 Å². The molecule has 20 heavy (non-hydrogen) atoms. The summed E-state index contributed by atoms with van der Waals surface area (Å²) >= 11 is 0. The predicted molar refractivity (Wildman–Crippen MR) is 64.8 cm³/mol. The van der Waals surface area contributed by atoms with E-state index in [0.29, 0.717) is 5.56 Å². The smallest absolute Gasteiger partial charge is 0.432 e. The lowest BCUT2D eigenvalue weighted by Gasteiger charge is -2.24. The average molecular weight is 283 g/mol. The predicted octanol–water partition coefficient (Wildman–Crippen LogP) is 1.03. The highest BCUT2D eigenvalue weighted by atomic mass is 16.7. The van der Waals surface area contributed by atoms with Crippen LogP contribution in [-0.2, 0) is 21.0 Å². The largest absolute Gasteiger partial charge is 0.481 e. The minimum absolute atomic E-state index is 0.142. The lowest BCUT2D eigenvalue weighted by molar-refractivity contribution is -0.189. The van der Waals surface area contributed by atoms with Gasteiger partial charge in [0.05, 0.1) is 6.42 Å². The number of rotatable bonds is 7. The van der Waals surface area contributed by atoms with Crippen molar-refractivity contribution in [1.82, 2.24) is 5.06 Å². The molecule has 1 aromatic carbocycles. The molecular weight excluding hydrogens is 270 g/mol. The SMILES string of the molecule is O=C(O)C[C@@H](C(=O)O)N(OCc1ccccc1)C(=O)O. The number of nitrogens with zero attached hydrogens (tertiary/aromatic N) is 1. The molecule has 0 saturated carbocycles. The summed E-state index contributed by atoms with van der Waals surface area (Å²) in [6.45, 7) is -0.184. The third-order valence-corrected chi connectivity index (χ3v) is 2.34. The fourth-order valence-corrected chi connectivity index (χ4v) is 1.43. The van der Waals surface area contributed by atoms with Crippen LogP contribution >= 0.6 is 0 Å². The average Bonchev–Trinajstić information content (AvgIpc) is 2.38. The summed E-state index contributed by atoms with van der Waals surface area (Å²) in [7, 11) is 0. The van der Waals surface area contributed by atoms with Gasteiger partial charge in [0.25, 0.3) is 0 Å². The Bertz CT molecular complexity index is 488. The van der Waals surface area contributed by atoms with Crippen LogP contribution in [0, 0.1) is 0 Å². The van der Waals surface area contributed by atoms with Crippen molar-refractivity contribution in [3.05, 3.63) is 35.9 Å². The Balaban J connectivity index is 2.78. The van der Waals surface area contributed by atoms with Crippen LogP contribution in [-0.4, -0.2) is 44.5 Å². The van der Waals surface area contributed by atoms with E-state index < -0.39 is 30.5 Å². The maximum absolute atomic E-state index is 11.0. The Kier molecular flexibility index (Phi) is 5.48. The van der Waals surface area contributed by atoms with Crippen LogP contribution in [0.4, 0.5) is 4.79 Å². The zero-order chi connectivity index (χ0) is 15.1. The van der Waals surface area contributed by atoms with E-state index in [2.05, 4.69) is 0 Å². The van der Waals surface area contributed by atoms with Crippen LogP contribution in [0.25, 0.3) is 0 Å². The number of hydrogen-bond donors (Lipinski definition) is 3. The number of aliphatic carboxylic acids is 2. The Labute approximate surface area is 113 Å². The first-order chi connectivity index (χ1) is 9.41. The zero-order valence-electron chi connectivity index (χ0n) is 10.3. The third-order valence-electron chi connectivity index (χ3n) is 2.34. The van der Waals surface area contributed by atoms with Crippen molar-refractivity contribution in [3.63, 3.8) is 0 Å². The summed E-state index contributed by atoms with van der Waals surface area (Å²) in [5, 5.41) is 26.6. The highest BCUT2D eigenvalue weighted by molar-refractivity contribution is 5.83. The normalized spacial score (nSPS) is 11.6. The van der Waals surface area contributed by atoms with Gasteiger partial charge in [-0.15, -0.1) is 0 Å². The van der Waals surface area contributed by atoms with Gasteiger partial charge in [-0.25, -0.2) is 9.59 Å². The fraction of sp³-hybridized carbons (Fsp3) is 0.250. The van der Waals surface area contributed by atoms with E-state index in [9.17, 15) is 14.4 Å². The Hall–Kier alpha value is -2.61. The fourth-order valence-electron chi connectivity index (χ4n) is 1.43. The van der Waals surface area contributed by atoms with Crippen molar-refractivity contribution >= 4 is 18.0 Å². The monoisotopic (exact) mass is 283 g/mol. The molecular formula is C12H13NO7. The maximum atomic E-state index is 11.0. The standard InChI is InChI=1S/C12H13NO7/c14-10(15)6-9(11(16)17)13(12(18)19)20-7-8-4-2-1-3-5-8/h1-5,9H,6-7H2,(H,14,15)(H,16,17)(H,18,19)/t9-/m0/s1. The van der Waals surface area contributed by atoms with Crippen LogP contribution in [0.5, 0.6) is 0 Å². The highest BCUT2D eigenvalue weighted by Gasteiger charge is 2.33. The summed E-state index contributed by atoms with van der Waals surface area (Å²) in [6, 6.07) is 6.67. The first-order valence-electron chi connectivity index (χ1n) is 5.55. The summed E-state index contributed by atoms with van der Waals surface area (Å²) in [5.74, 6) is -3.03. The summed E-state index contributed by atoms with van der Waals surface area (Å²) < 4.78 is 0. The van der Waals surface area contributed by atoms with E-state index in [1.54, 1.807) is 30.3 Å². The molecule has 0 radical (unpaired) electrons. The zero-order valence-corrected chi connectivity index (χ0v) is 10.3. The van der Waals surface area contributed by atoms with Gasteiger partial charge in [0.1, 0.15) is 6.61 Å². The van der Waals surface area contributed by atoms with Gasteiger partial charge in [0, 0.05) is 0 Å². The van der Waals surface area contributed by atoms with E-state index in [1.807, 2.05) is 0 Å². The first-order valence-corrected chi connectivity index (χ1v) is 5.55. The molecule has 0 aliphatic heterocycles. The molecule has 0 bridgehead atoms. The molecule has 0 aromatic heterocycles. The molecule has 0 heterocycles. The number of carboxylic acid groups (broad SMARTS) is 3. The van der Waals surface area contributed by atoms with Gasteiger partial charge < -0.3 is 15.3 Å². The summed E-state index contributed by atoms with van der Waals surface area (Å²) in [4.78, 5) is 37.4. The van der Waals surface area contributed by atoms with Gasteiger partial charge in [0.2, 0.25) is 0 Å². The second kappa shape index (κ2) is 7.10. The molecule has 0 spiro atoms. The maximum Gasteiger partial charge on any atom is 0.432 e. The number of amides is 1. The minimum Gasteiger partial charge on any atom is -0.481 e. The molecule has 1 atom stereocenters. The topological polar surface area (TPSA) is 124 Å². The van der Waals surface area contributed by atoms with Crippen LogP contribution in [0.15, 0.2) is 30.3 Å². The van der Waals surface area contributed by atoms with Gasteiger partial charge in [0.15, 0.2) is 6.04 Å². The van der Waals surface area contributed by atoms with Crippen LogP contribution in [0.1, 0.15) is 12.0 Å². The van der Waals surface area contributed by atoms with Crippen LogP contribution < -0.4 is 0 Å². The van der Waals surface area contributed by atoms with E-state index >= 15 is 0 Å². The number of hydrogen-bond acceptors (Lipinski definition) is 4. The molecule has 0 fully saturated rings. The number of carbonyl (C=O) groups is 3. The number of hydroxylamine groups is 2. The minimum atomic E-state index is -1.81. The van der Waals surface area contributed by atoms with E-state index in [4.69, 9.17) is 20.2 Å². The van der Waals surface area contributed by atoms with E-state index in [0.717, 1.165) is 0 Å². The molecule has 0 unspecified atom stereocenters. The van der Waals surface area contributed by atoms with Crippen LogP contribution in [0.2, 0.25) is 0 Å². The molecule has 0 aliphatic rings. The summed E-state index contributed by atoms with van der Waals surface area (Å²) in [5.41, 5.74) is 0.623. The second-order valence-electron chi connectivity index (χ2n) is 3.82. The van der Waals surface area contributed by atoms with Crippen LogP contribution in [0.3, 0.4) is 0 Å². The van der Waals surface area contributed by atoms with Gasteiger partial charge in [-0.1, -0.05) is 30.3 Å². The Morgan fingerprint density at radius 1 is 1.10 bits per heavy atom. The number of benzene rings is 1. The van der Waals surface area contributed by atoms with Crippen molar-refractivity contribution in [2.45, 2.75) is 19.1 Å². The molecule has 1 aromatic rings. The van der Waals surface area contributed by atoms with Crippen molar-refractivity contribution in [2.75, 3.05) is 0 Å². The number of carboxylic acids is 2. The van der Waals surface area contributed by atoms with Crippen molar-refractivity contribution in [2.24, 2.45) is 0 Å². The van der Waals surface area contributed by atoms with Gasteiger partial charge in [-0.3, -0.25) is 9.63 Å². The van der Waals surface area contributed by atoms with Gasteiger partial charge >= 0.3 is 18.0 Å². The molecule has 8 nitrogen and oxygen atoms in total. The quantitative estimate of drug-likeness (QED) is 0.638. The first kappa shape index (κ1) is 15.4. The summed E-state index contributed by atoms with van der Waals surface area (Å²) in [6.07, 6.45) is -2.56. The van der Waals surface area contributed by atoms with Crippen molar-refractivity contribution < 1.29 is 34.5 Å². The second-order valence-corrected chi connectivity index (χ2v) is 3.82. The van der Waals surface area contributed by atoms with Crippen molar-refractivity contribution in [3.8, 4) is 0 Å². The van der Waals surface area contributed by atoms with Gasteiger partial charge in [-0.2, -0.15) is 5.06 Å². The van der Waals surface area contributed by atoms with E-state index in [-0.39, 0.29) is 11.7 Å². The molecule has 0 aliphatic carbocycles. The molecule has 1 rings (SSSR count). The Morgan fingerprint density at radius 2 is 1.70 bits per heavy atom. The molecule has 0 saturated heterocycles. The molecule has 8 heteroatoms. The highest BCUT2D eigenvalue weighted by Crippen LogP contribution is 2.10. The molecule has 108 valence electrons. The Morgan fingerprint density at radius 3 is 2.15 bits per heavy atom.